The Kier molecular flexibility index (Phi) is 6.89. The first-order chi connectivity index (χ1) is 14.4. The zero-order chi connectivity index (χ0) is 21.6. The van der Waals surface area contributed by atoms with Crippen molar-refractivity contribution in [1.29, 1.82) is 0 Å². The van der Waals surface area contributed by atoms with Gasteiger partial charge in [0.05, 0.1) is 23.8 Å². The van der Waals surface area contributed by atoms with Crippen molar-refractivity contribution < 1.29 is 17.9 Å². The van der Waals surface area contributed by atoms with Crippen LogP contribution in [0, 0.1) is 5.92 Å². The Bertz CT molecular complexity index is 1050. The highest BCUT2D eigenvalue weighted by atomic mass is 32.2. The van der Waals surface area contributed by atoms with Crippen molar-refractivity contribution in [2.75, 3.05) is 17.9 Å². The second-order valence-corrected chi connectivity index (χ2v) is 8.73. The molecule has 1 N–H and O–H groups in total. The molecule has 0 aliphatic carbocycles. The number of hydrogen-bond acceptors (Lipinski definition) is 6. The minimum Gasteiger partial charge on any atom is -0.494 e. The number of aromatic nitrogens is 2. The Balaban J connectivity index is 1.67. The van der Waals surface area contributed by atoms with Gasteiger partial charge in [-0.2, -0.15) is 0 Å². The molecule has 0 spiro atoms. The summed E-state index contributed by atoms with van der Waals surface area (Å²) in [7, 11) is -3.69. The van der Waals surface area contributed by atoms with Gasteiger partial charge in [0, 0.05) is 17.3 Å². The van der Waals surface area contributed by atoms with E-state index >= 15 is 0 Å². The summed E-state index contributed by atoms with van der Waals surface area (Å²) in [6.45, 7) is 7.10. The van der Waals surface area contributed by atoms with Crippen LogP contribution < -0.4 is 14.2 Å². The maximum Gasteiger partial charge on any atom is 0.261 e. The van der Waals surface area contributed by atoms with Gasteiger partial charge in [-0.25, -0.2) is 8.42 Å². The molecule has 0 saturated heterocycles. The van der Waals surface area contributed by atoms with Crippen molar-refractivity contribution in [1.82, 2.24) is 10.2 Å². The third kappa shape index (κ3) is 5.70. The molecule has 3 rings (SSSR count). The molecule has 0 atom stereocenters. The van der Waals surface area contributed by atoms with Gasteiger partial charge in [0.1, 0.15) is 5.75 Å². The van der Waals surface area contributed by atoms with Crippen molar-refractivity contribution in [2.45, 2.75) is 25.7 Å². The Hall–Kier alpha value is -3.13. The fourth-order valence-corrected chi connectivity index (χ4v) is 3.67. The van der Waals surface area contributed by atoms with E-state index in [1.54, 1.807) is 42.5 Å². The van der Waals surface area contributed by atoms with Gasteiger partial charge in [0.2, 0.25) is 5.88 Å². The fourth-order valence-electron chi connectivity index (χ4n) is 2.61. The van der Waals surface area contributed by atoms with Gasteiger partial charge < -0.3 is 9.47 Å². The number of nitrogens with zero attached hydrogens (tertiary/aromatic N) is 2. The molecular weight excluding hydrogens is 402 g/mol. The lowest BCUT2D eigenvalue weighted by Gasteiger charge is -2.10. The van der Waals surface area contributed by atoms with Gasteiger partial charge in [-0.1, -0.05) is 26.0 Å². The van der Waals surface area contributed by atoms with Crippen LogP contribution in [0.3, 0.4) is 0 Å². The van der Waals surface area contributed by atoms with Crippen molar-refractivity contribution >= 4 is 15.7 Å². The molecule has 1 aromatic heterocycles. The predicted octanol–water partition coefficient (Wildman–Crippen LogP) is 4.38. The van der Waals surface area contributed by atoms with E-state index in [0.29, 0.717) is 42.1 Å². The fraction of sp³-hybridized carbons (Fsp3) is 0.273. The van der Waals surface area contributed by atoms with Gasteiger partial charge in [0.15, 0.2) is 0 Å². The summed E-state index contributed by atoms with van der Waals surface area (Å²) in [6.07, 6.45) is 0. The summed E-state index contributed by atoms with van der Waals surface area (Å²) in [4.78, 5) is 0.165. The van der Waals surface area contributed by atoms with Gasteiger partial charge in [-0.05, 0) is 55.3 Å². The Labute approximate surface area is 177 Å². The van der Waals surface area contributed by atoms with E-state index in [9.17, 15) is 8.42 Å². The summed E-state index contributed by atoms with van der Waals surface area (Å²) in [5, 5.41) is 8.25. The summed E-state index contributed by atoms with van der Waals surface area (Å²) < 4.78 is 38.6. The number of sulfonamides is 1. The predicted molar refractivity (Wildman–Crippen MR) is 116 cm³/mol. The number of rotatable bonds is 9. The quantitative estimate of drug-likeness (QED) is 0.545. The molecule has 158 valence electrons. The second-order valence-electron chi connectivity index (χ2n) is 7.05. The van der Waals surface area contributed by atoms with Crippen LogP contribution in [0.4, 0.5) is 5.69 Å². The first-order valence-electron chi connectivity index (χ1n) is 9.70. The van der Waals surface area contributed by atoms with E-state index in [-0.39, 0.29) is 4.90 Å². The van der Waals surface area contributed by atoms with Gasteiger partial charge in [-0.3, -0.25) is 4.72 Å². The molecule has 1 heterocycles. The Morgan fingerprint density at radius 2 is 1.60 bits per heavy atom. The van der Waals surface area contributed by atoms with Crippen molar-refractivity contribution in [3.8, 4) is 22.9 Å². The lowest BCUT2D eigenvalue weighted by Crippen LogP contribution is -2.12. The average Bonchev–Trinajstić information content (AvgIpc) is 2.74. The van der Waals surface area contributed by atoms with E-state index < -0.39 is 10.0 Å². The van der Waals surface area contributed by atoms with E-state index in [1.165, 1.54) is 12.1 Å². The molecular formula is C22H25N3O4S. The van der Waals surface area contributed by atoms with Crippen molar-refractivity contribution in [3.05, 3.63) is 60.7 Å². The van der Waals surface area contributed by atoms with Crippen LogP contribution in [-0.4, -0.2) is 31.8 Å². The SMILES string of the molecule is CCOc1ccc(S(=O)(=O)Nc2ccc(-c3ccc(OCC(C)C)nn3)cc2)cc1. The Morgan fingerprint density at radius 3 is 2.17 bits per heavy atom. The van der Waals surface area contributed by atoms with Crippen LogP contribution in [0.15, 0.2) is 65.6 Å². The molecule has 0 fully saturated rings. The number of anilines is 1. The molecule has 0 unspecified atom stereocenters. The van der Waals surface area contributed by atoms with Gasteiger partial charge >= 0.3 is 0 Å². The first-order valence-corrected chi connectivity index (χ1v) is 11.2. The molecule has 0 bridgehead atoms. The number of hydrogen-bond donors (Lipinski definition) is 1. The zero-order valence-corrected chi connectivity index (χ0v) is 18.0. The molecule has 3 aromatic rings. The zero-order valence-electron chi connectivity index (χ0n) is 17.2. The molecule has 0 radical (unpaired) electrons. The summed E-state index contributed by atoms with van der Waals surface area (Å²) in [6, 6.07) is 16.8. The van der Waals surface area contributed by atoms with Gasteiger partial charge in [0.25, 0.3) is 10.0 Å². The summed E-state index contributed by atoms with van der Waals surface area (Å²) in [5.41, 5.74) is 1.95. The second kappa shape index (κ2) is 9.58. The third-order valence-electron chi connectivity index (χ3n) is 4.08. The third-order valence-corrected chi connectivity index (χ3v) is 5.48. The monoisotopic (exact) mass is 427 g/mol. The highest BCUT2D eigenvalue weighted by Crippen LogP contribution is 2.23. The van der Waals surface area contributed by atoms with Crippen LogP contribution in [0.25, 0.3) is 11.3 Å². The smallest absolute Gasteiger partial charge is 0.261 e. The maximum atomic E-state index is 12.6. The number of ether oxygens (including phenoxy) is 2. The van der Waals surface area contributed by atoms with E-state index in [1.807, 2.05) is 13.0 Å². The number of nitrogens with one attached hydrogen (secondary N) is 1. The molecule has 2 aromatic carbocycles. The van der Waals surface area contributed by atoms with Crippen LogP contribution >= 0.6 is 0 Å². The van der Waals surface area contributed by atoms with E-state index in [2.05, 4.69) is 28.8 Å². The normalized spacial score (nSPS) is 11.3. The highest BCUT2D eigenvalue weighted by Gasteiger charge is 2.14. The molecule has 0 aliphatic heterocycles. The first kappa shape index (κ1) is 21.6. The van der Waals surface area contributed by atoms with E-state index in [4.69, 9.17) is 9.47 Å². The van der Waals surface area contributed by atoms with Crippen molar-refractivity contribution in [3.63, 3.8) is 0 Å². The molecule has 30 heavy (non-hydrogen) atoms. The van der Waals surface area contributed by atoms with Crippen molar-refractivity contribution in [2.24, 2.45) is 5.92 Å². The van der Waals surface area contributed by atoms with E-state index in [0.717, 1.165) is 5.56 Å². The molecule has 0 saturated carbocycles. The average molecular weight is 428 g/mol. The largest absolute Gasteiger partial charge is 0.494 e. The van der Waals surface area contributed by atoms with Gasteiger partial charge in [-0.15, -0.1) is 10.2 Å². The van der Waals surface area contributed by atoms with Crippen LogP contribution in [0.1, 0.15) is 20.8 Å². The molecule has 8 heteroatoms. The topological polar surface area (TPSA) is 90.4 Å². The standard InChI is InChI=1S/C22H25N3O4S/c1-4-28-19-9-11-20(12-10-19)30(26,27)25-18-7-5-17(6-8-18)21-13-14-22(24-23-21)29-15-16(2)3/h5-14,16,25H,4,15H2,1-3H3. The minimum absolute atomic E-state index is 0.165. The summed E-state index contributed by atoms with van der Waals surface area (Å²) in [5.74, 6) is 1.51. The highest BCUT2D eigenvalue weighted by molar-refractivity contribution is 7.92. The molecule has 0 amide bonds. The van der Waals surface area contributed by atoms with Crippen LogP contribution in [0.2, 0.25) is 0 Å². The lowest BCUT2D eigenvalue weighted by atomic mass is 10.1. The molecule has 0 aliphatic rings. The Morgan fingerprint density at radius 1 is 0.900 bits per heavy atom. The number of benzene rings is 2. The lowest BCUT2D eigenvalue weighted by molar-refractivity contribution is 0.258. The van der Waals surface area contributed by atoms with Crippen LogP contribution in [-0.2, 0) is 10.0 Å². The van der Waals surface area contributed by atoms with Crippen LogP contribution in [0.5, 0.6) is 11.6 Å². The molecule has 7 nitrogen and oxygen atoms in total. The minimum atomic E-state index is -3.69. The summed E-state index contributed by atoms with van der Waals surface area (Å²) >= 11 is 0. The maximum absolute atomic E-state index is 12.6.